The van der Waals surface area contributed by atoms with Crippen molar-refractivity contribution >= 4 is 22.9 Å². The van der Waals surface area contributed by atoms with Gasteiger partial charge in [0, 0.05) is 46.3 Å². The average Bonchev–Trinajstić information content (AvgIpc) is 3.02. The summed E-state index contributed by atoms with van der Waals surface area (Å²) in [5.74, 6) is 0.280. The van der Waals surface area contributed by atoms with Crippen molar-refractivity contribution in [2.45, 2.75) is 20.8 Å². The molecule has 9 heteroatoms. The van der Waals surface area contributed by atoms with Gasteiger partial charge in [-0.3, -0.25) is 19.3 Å². The summed E-state index contributed by atoms with van der Waals surface area (Å²) < 4.78 is 6.88. The minimum absolute atomic E-state index is 0.107. The zero-order chi connectivity index (χ0) is 20.4. The number of nitrogens with zero attached hydrogens (tertiary/aromatic N) is 5. The Morgan fingerprint density at radius 2 is 1.82 bits per heavy atom. The van der Waals surface area contributed by atoms with E-state index in [0.29, 0.717) is 51.6 Å². The van der Waals surface area contributed by atoms with Crippen LogP contribution in [0.2, 0.25) is 0 Å². The minimum Gasteiger partial charge on any atom is -0.442 e. The van der Waals surface area contributed by atoms with Crippen molar-refractivity contribution in [1.29, 1.82) is 0 Å². The van der Waals surface area contributed by atoms with Crippen LogP contribution in [0.15, 0.2) is 15.5 Å². The molecule has 1 fully saturated rings. The van der Waals surface area contributed by atoms with Crippen LogP contribution >= 0.6 is 0 Å². The molecule has 0 spiro atoms. The molecule has 0 aromatic carbocycles. The Morgan fingerprint density at radius 3 is 2.43 bits per heavy atom. The molecule has 3 heterocycles. The van der Waals surface area contributed by atoms with Crippen LogP contribution in [0.3, 0.4) is 0 Å². The number of carbonyl (C=O) groups is 2. The van der Waals surface area contributed by atoms with Crippen LogP contribution in [0, 0.1) is 6.92 Å². The van der Waals surface area contributed by atoms with Crippen LogP contribution in [-0.2, 0) is 11.8 Å². The quantitative estimate of drug-likeness (QED) is 0.738. The molecule has 3 rings (SSSR count). The minimum atomic E-state index is -0.298. The van der Waals surface area contributed by atoms with Crippen LogP contribution in [0.25, 0.3) is 11.1 Å². The van der Waals surface area contributed by atoms with E-state index in [9.17, 15) is 14.4 Å². The number of aromatic nitrogens is 2. The second kappa shape index (κ2) is 8.14. The topological polar surface area (TPSA) is 91.9 Å². The first-order valence-corrected chi connectivity index (χ1v) is 9.61. The molecule has 0 bridgehead atoms. The second-order valence-electron chi connectivity index (χ2n) is 7.01. The van der Waals surface area contributed by atoms with Gasteiger partial charge in [-0.05, 0) is 20.8 Å². The Labute approximate surface area is 163 Å². The molecule has 0 unspecified atom stereocenters. The molecule has 0 aliphatic carbocycles. The number of piperazine rings is 1. The Hall–Kier alpha value is -2.68. The highest BCUT2D eigenvalue weighted by Gasteiger charge is 2.29. The van der Waals surface area contributed by atoms with E-state index in [1.165, 1.54) is 10.9 Å². The lowest BCUT2D eigenvalue weighted by Gasteiger charge is -2.35. The molecule has 1 aliphatic rings. The van der Waals surface area contributed by atoms with E-state index in [0.717, 1.165) is 0 Å². The summed E-state index contributed by atoms with van der Waals surface area (Å²) in [5.41, 5.74) is 0.178. The number of likely N-dealkylation sites (N-methyl/N-ethyl adjacent to an activating group) is 1. The lowest BCUT2D eigenvalue weighted by atomic mass is 10.1. The highest BCUT2D eigenvalue weighted by molar-refractivity contribution is 6.06. The fourth-order valence-electron chi connectivity index (χ4n) is 3.58. The van der Waals surface area contributed by atoms with E-state index < -0.39 is 0 Å². The third kappa shape index (κ3) is 3.66. The normalized spacial score (nSPS) is 15.2. The van der Waals surface area contributed by atoms with E-state index in [-0.39, 0.29) is 34.0 Å². The molecule has 0 atom stereocenters. The van der Waals surface area contributed by atoms with Crippen molar-refractivity contribution < 1.29 is 14.0 Å². The maximum absolute atomic E-state index is 13.1. The predicted octanol–water partition coefficient (Wildman–Crippen LogP) is 0.461. The van der Waals surface area contributed by atoms with Gasteiger partial charge in [0.15, 0.2) is 0 Å². The molecular weight excluding hydrogens is 362 g/mol. The van der Waals surface area contributed by atoms with E-state index in [4.69, 9.17) is 4.42 Å². The van der Waals surface area contributed by atoms with Crippen molar-refractivity contribution in [2.75, 3.05) is 45.8 Å². The maximum atomic E-state index is 13.1. The lowest BCUT2D eigenvalue weighted by Crippen LogP contribution is -2.51. The fourth-order valence-corrected chi connectivity index (χ4v) is 3.58. The van der Waals surface area contributed by atoms with Crippen molar-refractivity contribution in [2.24, 2.45) is 7.05 Å². The summed E-state index contributed by atoms with van der Waals surface area (Å²) in [4.78, 5) is 47.5. The SMILES string of the molecule is CCN(CC)C(=O)CN1CCN(C(=O)c2c(C)oc3ncn(C)c(=O)c23)CC1. The number of aryl methyl sites for hydroxylation is 2. The molecule has 0 radical (unpaired) electrons. The van der Waals surface area contributed by atoms with Gasteiger partial charge in [-0.2, -0.15) is 0 Å². The highest BCUT2D eigenvalue weighted by Crippen LogP contribution is 2.23. The first kappa shape index (κ1) is 20.1. The van der Waals surface area contributed by atoms with Crippen molar-refractivity contribution in [3.05, 3.63) is 28.0 Å². The Morgan fingerprint density at radius 1 is 1.18 bits per heavy atom. The molecule has 9 nitrogen and oxygen atoms in total. The molecule has 28 heavy (non-hydrogen) atoms. The summed E-state index contributed by atoms with van der Waals surface area (Å²) in [6.07, 6.45) is 1.38. The third-order valence-electron chi connectivity index (χ3n) is 5.30. The zero-order valence-corrected chi connectivity index (χ0v) is 16.9. The number of amides is 2. The van der Waals surface area contributed by atoms with E-state index in [2.05, 4.69) is 9.88 Å². The van der Waals surface area contributed by atoms with Crippen LogP contribution in [0.1, 0.15) is 30.0 Å². The number of furan rings is 1. The van der Waals surface area contributed by atoms with Gasteiger partial charge in [0.1, 0.15) is 17.5 Å². The zero-order valence-electron chi connectivity index (χ0n) is 16.9. The largest absolute Gasteiger partial charge is 0.442 e. The molecule has 2 aromatic rings. The van der Waals surface area contributed by atoms with Crippen LogP contribution in [0.4, 0.5) is 0 Å². The van der Waals surface area contributed by atoms with Crippen molar-refractivity contribution in [3.8, 4) is 0 Å². The standard InChI is InChI=1S/C19H27N5O4/c1-5-23(6-2)14(25)11-22-7-9-24(10-8-22)19(27)15-13(3)28-17-16(15)18(26)21(4)12-20-17/h12H,5-11H2,1-4H3. The maximum Gasteiger partial charge on any atom is 0.265 e. The average molecular weight is 389 g/mol. The lowest BCUT2D eigenvalue weighted by molar-refractivity contribution is -0.132. The first-order valence-electron chi connectivity index (χ1n) is 9.61. The summed E-state index contributed by atoms with van der Waals surface area (Å²) in [6, 6.07) is 0. The Bertz CT molecular complexity index is 936. The summed E-state index contributed by atoms with van der Waals surface area (Å²) >= 11 is 0. The van der Waals surface area contributed by atoms with Gasteiger partial charge >= 0.3 is 0 Å². The van der Waals surface area contributed by atoms with Gasteiger partial charge in [-0.25, -0.2) is 4.98 Å². The van der Waals surface area contributed by atoms with Crippen molar-refractivity contribution in [3.63, 3.8) is 0 Å². The van der Waals surface area contributed by atoms with E-state index in [1.807, 2.05) is 13.8 Å². The summed E-state index contributed by atoms with van der Waals surface area (Å²) in [6.45, 7) is 9.59. The number of fused-ring (bicyclic) bond motifs is 1. The summed E-state index contributed by atoms with van der Waals surface area (Å²) in [7, 11) is 1.59. The van der Waals surface area contributed by atoms with Gasteiger partial charge < -0.3 is 18.8 Å². The molecule has 2 amide bonds. The summed E-state index contributed by atoms with van der Waals surface area (Å²) in [5, 5.41) is 0.228. The molecule has 1 aliphatic heterocycles. The molecule has 0 N–H and O–H groups in total. The van der Waals surface area contributed by atoms with Gasteiger partial charge in [0.05, 0.1) is 12.1 Å². The third-order valence-corrected chi connectivity index (χ3v) is 5.30. The molecule has 152 valence electrons. The second-order valence-corrected chi connectivity index (χ2v) is 7.01. The Kier molecular flexibility index (Phi) is 5.83. The number of carbonyl (C=O) groups excluding carboxylic acids is 2. The molecule has 0 saturated carbocycles. The Balaban J connectivity index is 1.72. The molecular formula is C19H27N5O4. The van der Waals surface area contributed by atoms with Gasteiger partial charge in [0.2, 0.25) is 11.6 Å². The van der Waals surface area contributed by atoms with Crippen molar-refractivity contribution in [1.82, 2.24) is 24.3 Å². The molecule has 2 aromatic heterocycles. The molecule has 1 saturated heterocycles. The highest BCUT2D eigenvalue weighted by atomic mass is 16.3. The smallest absolute Gasteiger partial charge is 0.265 e. The van der Waals surface area contributed by atoms with Crippen LogP contribution in [-0.4, -0.2) is 81.9 Å². The predicted molar refractivity (Wildman–Crippen MR) is 104 cm³/mol. The van der Waals surface area contributed by atoms with Gasteiger partial charge in [-0.15, -0.1) is 0 Å². The fraction of sp³-hybridized carbons (Fsp3) is 0.579. The van der Waals surface area contributed by atoms with E-state index >= 15 is 0 Å². The van der Waals surface area contributed by atoms with E-state index in [1.54, 1.807) is 23.8 Å². The number of hydrogen-bond acceptors (Lipinski definition) is 6. The monoisotopic (exact) mass is 389 g/mol. The van der Waals surface area contributed by atoms with Gasteiger partial charge in [-0.1, -0.05) is 0 Å². The number of rotatable bonds is 5. The first-order chi connectivity index (χ1) is 13.4. The van der Waals surface area contributed by atoms with Crippen LogP contribution in [0.5, 0.6) is 0 Å². The van der Waals surface area contributed by atoms with Gasteiger partial charge in [0.25, 0.3) is 11.5 Å². The number of hydrogen-bond donors (Lipinski definition) is 0. The van der Waals surface area contributed by atoms with Crippen LogP contribution < -0.4 is 5.56 Å².